The van der Waals surface area contributed by atoms with Crippen molar-refractivity contribution in [1.29, 1.82) is 0 Å². The highest BCUT2D eigenvalue weighted by molar-refractivity contribution is 9.10. The maximum atomic E-state index is 5.30. The summed E-state index contributed by atoms with van der Waals surface area (Å²) in [6.07, 6.45) is 3.29. The van der Waals surface area contributed by atoms with Gasteiger partial charge in [-0.25, -0.2) is 4.98 Å². The molecule has 0 aliphatic carbocycles. The first-order valence-electron chi connectivity index (χ1n) is 4.66. The van der Waals surface area contributed by atoms with E-state index in [-0.39, 0.29) is 0 Å². The molecule has 80 valence electrons. The summed E-state index contributed by atoms with van der Waals surface area (Å²) in [4.78, 5) is 4.04. The second-order valence-corrected chi connectivity index (χ2v) is 4.28. The zero-order valence-corrected chi connectivity index (χ0v) is 9.97. The van der Waals surface area contributed by atoms with Crippen molar-refractivity contribution >= 4 is 21.6 Å². The van der Waals surface area contributed by atoms with Crippen molar-refractivity contribution in [2.75, 3.05) is 0 Å². The van der Waals surface area contributed by atoms with Gasteiger partial charge in [-0.05, 0) is 19.1 Å². The third-order valence-corrected chi connectivity index (χ3v) is 2.81. The fourth-order valence-corrected chi connectivity index (χ4v) is 1.86. The average molecular weight is 279 g/mol. The molecule has 0 N–H and O–H groups in total. The van der Waals surface area contributed by atoms with Gasteiger partial charge in [0.2, 0.25) is 5.82 Å². The monoisotopic (exact) mass is 278 g/mol. The van der Waals surface area contributed by atoms with Crippen LogP contribution in [0, 0.1) is 6.92 Å². The number of rotatable bonds is 1. The molecule has 0 spiro atoms. The molecular formula is C10H7BrN4O. The summed E-state index contributed by atoms with van der Waals surface area (Å²) in [5, 5.41) is 8.17. The second kappa shape index (κ2) is 3.41. The van der Waals surface area contributed by atoms with E-state index in [9.17, 15) is 0 Å². The van der Waals surface area contributed by atoms with E-state index < -0.39 is 0 Å². The van der Waals surface area contributed by atoms with Crippen LogP contribution in [0.4, 0.5) is 0 Å². The van der Waals surface area contributed by atoms with Crippen molar-refractivity contribution in [2.24, 2.45) is 0 Å². The minimum atomic E-state index is 0.648. The van der Waals surface area contributed by atoms with Gasteiger partial charge in [-0.3, -0.25) is 4.40 Å². The van der Waals surface area contributed by atoms with E-state index in [1.807, 2.05) is 29.7 Å². The van der Waals surface area contributed by atoms with Crippen molar-refractivity contribution in [3.63, 3.8) is 0 Å². The quantitative estimate of drug-likeness (QED) is 0.686. The van der Waals surface area contributed by atoms with Crippen molar-refractivity contribution < 1.29 is 4.42 Å². The Morgan fingerprint density at radius 1 is 1.38 bits per heavy atom. The predicted molar refractivity (Wildman–Crippen MR) is 60.9 cm³/mol. The van der Waals surface area contributed by atoms with Gasteiger partial charge < -0.3 is 4.42 Å². The van der Waals surface area contributed by atoms with E-state index in [0.717, 1.165) is 15.8 Å². The normalized spacial score (nSPS) is 11.1. The zero-order valence-electron chi connectivity index (χ0n) is 8.38. The Bertz CT molecular complexity index is 658. The lowest BCUT2D eigenvalue weighted by atomic mass is 10.3. The summed E-state index contributed by atoms with van der Waals surface area (Å²) in [7, 11) is 0. The number of pyridine rings is 1. The molecule has 0 radical (unpaired) electrons. The van der Waals surface area contributed by atoms with Crippen LogP contribution < -0.4 is 0 Å². The summed E-state index contributed by atoms with van der Waals surface area (Å²) in [5.74, 6) is 1.31. The van der Waals surface area contributed by atoms with Crippen LogP contribution in [0.1, 0.15) is 5.69 Å². The molecule has 5 nitrogen and oxygen atoms in total. The Balaban J connectivity index is 2.30. The summed E-state index contributed by atoms with van der Waals surface area (Å²) < 4.78 is 8.13. The number of nitrogens with zero attached hydrogens (tertiary/aromatic N) is 4. The number of hydrogen-bond acceptors (Lipinski definition) is 4. The lowest BCUT2D eigenvalue weighted by Crippen LogP contribution is -1.89. The topological polar surface area (TPSA) is 56.2 Å². The van der Waals surface area contributed by atoms with E-state index >= 15 is 0 Å². The van der Waals surface area contributed by atoms with Gasteiger partial charge in [0, 0.05) is 10.7 Å². The van der Waals surface area contributed by atoms with Gasteiger partial charge in [-0.15, -0.1) is 10.2 Å². The van der Waals surface area contributed by atoms with Crippen LogP contribution in [-0.4, -0.2) is 19.6 Å². The molecule has 0 aliphatic rings. The smallest absolute Gasteiger partial charge is 0.206 e. The molecule has 0 unspecified atom stereocenters. The highest BCUT2D eigenvalue weighted by atomic mass is 79.9. The molecule has 6 heteroatoms. The first-order valence-corrected chi connectivity index (χ1v) is 5.46. The van der Waals surface area contributed by atoms with E-state index in [0.29, 0.717) is 11.6 Å². The van der Waals surface area contributed by atoms with Gasteiger partial charge in [0.25, 0.3) is 0 Å². The molecule has 0 saturated carbocycles. The molecule has 3 aromatic rings. The third-order valence-electron chi connectivity index (χ3n) is 2.32. The van der Waals surface area contributed by atoms with Crippen molar-refractivity contribution in [1.82, 2.24) is 19.6 Å². The molecule has 0 saturated heterocycles. The SMILES string of the molecule is Cc1ncoc1-c1nnc2cc(Br)ccn12. The summed E-state index contributed by atoms with van der Waals surface area (Å²) >= 11 is 3.39. The minimum Gasteiger partial charge on any atom is -0.440 e. The second-order valence-electron chi connectivity index (χ2n) is 3.36. The van der Waals surface area contributed by atoms with Crippen LogP contribution in [-0.2, 0) is 0 Å². The molecular weight excluding hydrogens is 272 g/mol. The zero-order chi connectivity index (χ0) is 11.1. The van der Waals surface area contributed by atoms with Crippen LogP contribution in [0.5, 0.6) is 0 Å². The van der Waals surface area contributed by atoms with Crippen molar-refractivity contribution in [2.45, 2.75) is 6.92 Å². The van der Waals surface area contributed by atoms with Crippen molar-refractivity contribution in [3.8, 4) is 11.6 Å². The van der Waals surface area contributed by atoms with Gasteiger partial charge in [0.1, 0.15) is 0 Å². The minimum absolute atomic E-state index is 0.648. The Morgan fingerprint density at radius 3 is 3.00 bits per heavy atom. The van der Waals surface area contributed by atoms with Crippen LogP contribution in [0.15, 0.2) is 33.6 Å². The van der Waals surface area contributed by atoms with Gasteiger partial charge in [0.15, 0.2) is 17.8 Å². The highest BCUT2D eigenvalue weighted by Gasteiger charge is 2.14. The van der Waals surface area contributed by atoms with Gasteiger partial charge in [-0.2, -0.15) is 0 Å². The highest BCUT2D eigenvalue weighted by Crippen LogP contribution is 2.22. The van der Waals surface area contributed by atoms with Gasteiger partial charge in [-0.1, -0.05) is 15.9 Å². The maximum Gasteiger partial charge on any atom is 0.206 e. The number of oxazole rings is 1. The first-order chi connectivity index (χ1) is 7.75. The van der Waals surface area contributed by atoms with Gasteiger partial charge in [0.05, 0.1) is 5.69 Å². The molecule has 3 rings (SSSR count). The van der Waals surface area contributed by atoms with E-state index in [1.54, 1.807) is 0 Å². The maximum absolute atomic E-state index is 5.30. The molecule has 0 aromatic carbocycles. The van der Waals surface area contributed by atoms with Crippen LogP contribution in [0.2, 0.25) is 0 Å². The number of hydrogen-bond donors (Lipinski definition) is 0. The molecule has 0 fully saturated rings. The Kier molecular flexibility index (Phi) is 2.03. The van der Waals surface area contributed by atoms with Gasteiger partial charge >= 0.3 is 0 Å². The number of aromatic nitrogens is 4. The summed E-state index contributed by atoms with van der Waals surface area (Å²) in [6, 6.07) is 3.81. The Hall–Kier alpha value is -1.69. The van der Waals surface area contributed by atoms with Crippen molar-refractivity contribution in [3.05, 3.63) is 34.9 Å². The molecule has 0 amide bonds. The lowest BCUT2D eigenvalue weighted by Gasteiger charge is -1.97. The molecule has 3 aromatic heterocycles. The fourth-order valence-electron chi connectivity index (χ4n) is 1.54. The largest absolute Gasteiger partial charge is 0.440 e. The number of fused-ring (bicyclic) bond motifs is 1. The number of aryl methyl sites for hydroxylation is 1. The molecule has 3 heterocycles. The van der Waals surface area contributed by atoms with Crippen LogP contribution in [0.25, 0.3) is 17.2 Å². The molecule has 0 aliphatic heterocycles. The van der Waals surface area contributed by atoms with E-state index in [2.05, 4.69) is 31.1 Å². The summed E-state index contributed by atoms with van der Waals surface area (Å²) in [5.41, 5.74) is 1.57. The predicted octanol–water partition coefficient (Wildman–Crippen LogP) is 2.46. The van der Waals surface area contributed by atoms with E-state index in [4.69, 9.17) is 4.42 Å². The Labute approximate surface area is 99.3 Å². The standard InChI is InChI=1S/C10H7BrN4O/c1-6-9(16-5-12-6)10-14-13-8-4-7(11)2-3-15(8)10/h2-5H,1H3. The number of halogens is 1. The molecule has 16 heavy (non-hydrogen) atoms. The first kappa shape index (κ1) is 9.53. The van der Waals surface area contributed by atoms with Crippen LogP contribution >= 0.6 is 15.9 Å². The fraction of sp³-hybridized carbons (Fsp3) is 0.100. The molecule has 0 atom stereocenters. The van der Waals surface area contributed by atoms with Crippen LogP contribution in [0.3, 0.4) is 0 Å². The average Bonchev–Trinajstić information content (AvgIpc) is 2.83. The Morgan fingerprint density at radius 2 is 2.25 bits per heavy atom. The summed E-state index contributed by atoms with van der Waals surface area (Å²) in [6.45, 7) is 1.87. The third kappa shape index (κ3) is 1.34. The van der Waals surface area contributed by atoms with E-state index in [1.165, 1.54) is 6.39 Å². The molecule has 0 bridgehead atoms. The lowest BCUT2D eigenvalue weighted by molar-refractivity contribution is 0.566.